The molecular weight excluding hydrogens is 525 g/mol. The first kappa shape index (κ1) is 25.9. The summed E-state index contributed by atoms with van der Waals surface area (Å²) in [5.41, 5.74) is 0.969. The fourth-order valence-electron chi connectivity index (χ4n) is 3.86. The Balaban J connectivity index is 0.00000341. The summed E-state index contributed by atoms with van der Waals surface area (Å²) >= 11 is 6.28. The summed E-state index contributed by atoms with van der Waals surface area (Å²) in [7, 11) is 0. The molecule has 31 heavy (non-hydrogen) atoms. The van der Waals surface area contributed by atoms with Gasteiger partial charge in [0.25, 0.3) is 0 Å². The Kier molecular flexibility index (Phi) is 10.1. The van der Waals surface area contributed by atoms with Crippen molar-refractivity contribution in [2.45, 2.75) is 37.7 Å². The molecule has 1 fully saturated rings. The number of rotatable bonds is 7. The van der Waals surface area contributed by atoms with Crippen molar-refractivity contribution in [3.05, 3.63) is 70.7 Å². The van der Waals surface area contributed by atoms with Crippen LogP contribution in [0, 0.1) is 0 Å². The van der Waals surface area contributed by atoms with Crippen LogP contribution >= 0.6 is 35.6 Å². The minimum Gasteiger partial charge on any atom is -0.384 e. The van der Waals surface area contributed by atoms with Gasteiger partial charge in [0.2, 0.25) is 0 Å². The fourth-order valence-corrected chi connectivity index (χ4v) is 4.05. The lowest BCUT2D eigenvalue weighted by atomic mass is 9.74. The smallest absolute Gasteiger partial charge is 0.191 e. The van der Waals surface area contributed by atoms with Crippen molar-refractivity contribution in [3.8, 4) is 0 Å². The molecule has 2 aromatic carbocycles. The molecule has 0 bridgehead atoms. The standard InChI is InChI=1S/C24H32ClN3O2.HI/c1-3-26-22(27-17-23(2,29)19-8-5-4-6-9-19)28-18-24(12-14-30-15-13-24)20-10-7-11-21(25)16-20;/h4-11,16,29H,3,12-15,17-18H2,1-2H3,(H2,26,27,28);1H. The highest BCUT2D eigenvalue weighted by atomic mass is 127. The molecule has 3 N–H and O–H groups in total. The summed E-state index contributed by atoms with van der Waals surface area (Å²) in [4.78, 5) is 4.68. The number of halogens is 2. The van der Waals surface area contributed by atoms with Gasteiger partial charge in [0.15, 0.2) is 5.96 Å². The fraction of sp³-hybridized carbons (Fsp3) is 0.458. The van der Waals surface area contributed by atoms with E-state index in [1.807, 2.05) is 49.4 Å². The summed E-state index contributed by atoms with van der Waals surface area (Å²) in [6.07, 6.45) is 1.84. The average Bonchev–Trinajstić information content (AvgIpc) is 2.77. The van der Waals surface area contributed by atoms with Gasteiger partial charge >= 0.3 is 0 Å². The lowest BCUT2D eigenvalue weighted by Gasteiger charge is -2.38. The van der Waals surface area contributed by atoms with E-state index in [1.165, 1.54) is 5.56 Å². The maximum Gasteiger partial charge on any atom is 0.191 e. The minimum absolute atomic E-state index is 0. The van der Waals surface area contributed by atoms with Gasteiger partial charge in [0, 0.05) is 36.7 Å². The highest BCUT2D eigenvalue weighted by Crippen LogP contribution is 2.35. The van der Waals surface area contributed by atoms with E-state index >= 15 is 0 Å². The summed E-state index contributed by atoms with van der Waals surface area (Å²) in [5.74, 6) is 0.696. The summed E-state index contributed by atoms with van der Waals surface area (Å²) in [6, 6.07) is 17.7. The predicted octanol–water partition coefficient (Wildman–Crippen LogP) is 4.47. The second-order valence-electron chi connectivity index (χ2n) is 8.09. The zero-order valence-corrected chi connectivity index (χ0v) is 21.3. The second kappa shape index (κ2) is 12.0. The Morgan fingerprint density at radius 1 is 1.13 bits per heavy atom. The van der Waals surface area contributed by atoms with Crippen molar-refractivity contribution in [2.24, 2.45) is 4.99 Å². The van der Waals surface area contributed by atoms with Gasteiger partial charge in [-0.3, -0.25) is 0 Å². The van der Waals surface area contributed by atoms with E-state index in [1.54, 1.807) is 6.92 Å². The van der Waals surface area contributed by atoms with Gasteiger partial charge in [-0.05, 0) is 49.9 Å². The molecule has 3 rings (SSSR count). The molecule has 1 heterocycles. The van der Waals surface area contributed by atoms with E-state index in [-0.39, 0.29) is 35.9 Å². The summed E-state index contributed by atoms with van der Waals surface area (Å²) in [5, 5.41) is 18.4. The van der Waals surface area contributed by atoms with Crippen LogP contribution in [0.3, 0.4) is 0 Å². The van der Waals surface area contributed by atoms with Crippen molar-refractivity contribution in [1.82, 2.24) is 10.6 Å². The highest BCUT2D eigenvalue weighted by Gasteiger charge is 2.35. The van der Waals surface area contributed by atoms with Gasteiger partial charge in [0.1, 0.15) is 5.60 Å². The van der Waals surface area contributed by atoms with Gasteiger partial charge in [-0.15, -0.1) is 24.0 Å². The van der Waals surface area contributed by atoms with Crippen LogP contribution < -0.4 is 10.6 Å². The van der Waals surface area contributed by atoms with Crippen molar-refractivity contribution >= 4 is 41.5 Å². The minimum atomic E-state index is -1.03. The number of ether oxygens (including phenoxy) is 1. The van der Waals surface area contributed by atoms with Gasteiger partial charge in [-0.1, -0.05) is 54.1 Å². The van der Waals surface area contributed by atoms with Crippen LogP contribution in [-0.4, -0.2) is 43.9 Å². The summed E-state index contributed by atoms with van der Waals surface area (Å²) in [6.45, 7) is 7.01. The molecule has 5 nitrogen and oxygen atoms in total. The van der Waals surface area contributed by atoms with Gasteiger partial charge in [-0.2, -0.15) is 0 Å². The van der Waals surface area contributed by atoms with Crippen molar-refractivity contribution < 1.29 is 9.84 Å². The first-order valence-corrected chi connectivity index (χ1v) is 11.0. The number of nitrogens with one attached hydrogen (secondary N) is 2. The van der Waals surface area contributed by atoms with Crippen LogP contribution in [0.15, 0.2) is 59.6 Å². The third kappa shape index (κ3) is 7.07. The van der Waals surface area contributed by atoms with Crippen LogP contribution in [-0.2, 0) is 15.8 Å². The normalized spacial score (nSPS) is 17.9. The van der Waals surface area contributed by atoms with Crippen molar-refractivity contribution in [3.63, 3.8) is 0 Å². The molecule has 170 valence electrons. The van der Waals surface area contributed by atoms with E-state index in [0.29, 0.717) is 5.96 Å². The van der Waals surface area contributed by atoms with E-state index < -0.39 is 5.60 Å². The van der Waals surface area contributed by atoms with E-state index in [9.17, 15) is 5.11 Å². The first-order valence-electron chi connectivity index (χ1n) is 10.6. The third-order valence-electron chi connectivity index (χ3n) is 5.77. The molecule has 0 spiro atoms. The van der Waals surface area contributed by atoms with Crippen LogP contribution in [0.25, 0.3) is 0 Å². The Labute approximate surface area is 207 Å². The Morgan fingerprint density at radius 3 is 2.48 bits per heavy atom. The molecule has 0 aromatic heterocycles. The number of hydrogen-bond donors (Lipinski definition) is 3. The Morgan fingerprint density at radius 2 is 1.84 bits per heavy atom. The molecule has 1 unspecified atom stereocenters. The Hall–Kier alpha value is -1.35. The van der Waals surface area contributed by atoms with Gasteiger partial charge in [0.05, 0.1) is 6.54 Å². The third-order valence-corrected chi connectivity index (χ3v) is 6.00. The van der Waals surface area contributed by atoms with E-state index in [0.717, 1.165) is 49.7 Å². The predicted molar refractivity (Wildman–Crippen MR) is 139 cm³/mol. The van der Waals surface area contributed by atoms with Gasteiger partial charge in [-0.25, -0.2) is 4.99 Å². The molecule has 0 saturated carbocycles. The lowest BCUT2D eigenvalue weighted by molar-refractivity contribution is 0.0513. The van der Waals surface area contributed by atoms with Crippen LogP contribution in [0.4, 0.5) is 0 Å². The zero-order chi connectivity index (χ0) is 21.5. The first-order chi connectivity index (χ1) is 14.5. The van der Waals surface area contributed by atoms with Gasteiger partial charge < -0.3 is 20.5 Å². The molecule has 0 aliphatic carbocycles. The number of aliphatic hydroxyl groups is 1. The van der Waals surface area contributed by atoms with Crippen LogP contribution in [0.5, 0.6) is 0 Å². The van der Waals surface area contributed by atoms with Crippen molar-refractivity contribution in [1.29, 1.82) is 0 Å². The highest BCUT2D eigenvalue weighted by molar-refractivity contribution is 14.0. The lowest BCUT2D eigenvalue weighted by Crippen LogP contribution is -2.48. The molecular formula is C24H33ClIN3O2. The largest absolute Gasteiger partial charge is 0.384 e. The molecule has 0 amide bonds. The summed E-state index contributed by atoms with van der Waals surface area (Å²) < 4.78 is 5.63. The van der Waals surface area contributed by atoms with Crippen LogP contribution in [0.2, 0.25) is 5.02 Å². The quantitative estimate of drug-likeness (QED) is 0.267. The van der Waals surface area contributed by atoms with Crippen molar-refractivity contribution in [2.75, 3.05) is 32.8 Å². The van der Waals surface area contributed by atoms with Crippen LogP contribution in [0.1, 0.15) is 37.8 Å². The molecule has 1 atom stereocenters. The molecule has 7 heteroatoms. The second-order valence-corrected chi connectivity index (χ2v) is 8.53. The molecule has 2 aromatic rings. The average molecular weight is 558 g/mol. The maximum absolute atomic E-state index is 10.9. The number of benzene rings is 2. The number of aliphatic imine (C=N–C) groups is 1. The molecule has 1 aliphatic heterocycles. The molecule has 0 radical (unpaired) electrons. The topological polar surface area (TPSA) is 65.9 Å². The SMILES string of the molecule is CCNC(=NCC(C)(O)c1ccccc1)NCC1(c2cccc(Cl)c2)CCOCC1.I. The monoisotopic (exact) mass is 557 g/mol. The number of nitrogens with zero attached hydrogens (tertiary/aromatic N) is 1. The van der Waals surface area contributed by atoms with E-state index in [2.05, 4.69) is 27.8 Å². The number of hydrogen-bond acceptors (Lipinski definition) is 3. The number of guanidine groups is 1. The van der Waals surface area contributed by atoms with E-state index in [4.69, 9.17) is 16.3 Å². The molecule has 1 saturated heterocycles. The molecule has 1 aliphatic rings. The Bertz CT molecular complexity index is 840. The maximum atomic E-state index is 10.9. The zero-order valence-electron chi connectivity index (χ0n) is 18.2.